The van der Waals surface area contributed by atoms with Gasteiger partial charge in [-0.2, -0.15) is 0 Å². The van der Waals surface area contributed by atoms with Crippen LogP contribution >= 0.6 is 0 Å². The summed E-state index contributed by atoms with van der Waals surface area (Å²) < 4.78 is 12.8. The van der Waals surface area contributed by atoms with Crippen molar-refractivity contribution in [2.45, 2.75) is 13.8 Å². The van der Waals surface area contributed by atoms with Crippen LogP contribution in [0.25, 0.3) is 0 Å². The third-order valence-electron chi connectivity index (χ3n) is 3.74. The topological polar surface area (TPSA) is 61.4 Å². The van der Waals surface area contributed by atoms with E-state index in [-0.39, 0.29) is 24.2 Å². The van der Waals surface area contributed by atoms with Crippen molar-refractivity contribution < 1.29 is 14.0 Å². The molecule has 25 heavy (non-hydrogen) atoms. The van der Waals surface area contributed by atoms with Crippen LogP contribution in [0, 0.1) is 5.82 Å². The van der Waals surface area contributed by atoms with E-state index in [4.69, 9.17) is 0 Å². The first-order valence-electron chi connectivity index (χ1n) is 8.22. The van der Waals surface area contributed by atoms with Crippen molar-refractivity contribution in [1.29, 1.82) is 0 Å². The number of benzene rings is 2. The van der Waals surface area contributed by atoms with Crippen LogP contribution in [0.1, 0.15) is 24.2 Å². The van der Waals surface area contributed by atoms with Crippen LogP contribution in [-0.4, -0.2) is 36.3 Å². The minimum atomic E-state index is -0.329. The summed E-state index contributed by atoms with van der Waals surface area (Å²) in [6.45, 7) is 5.16. The van der Waals surface area contributed by atoms with E-state index >= 15 is 0 Å². The Morgan fingerprint density at radius 3 is 2.32 bits per heavy atom. The molecule has 0 aliphatic rings. The second-order valence-electron chi connectivity index (χ2n) is 5.47. The number of nitrogens with zero attached hydrogens (tertiary/aromatic N) is 1. The zero-order chi connectivity index (χ0) is 18.2. The molecule has 0 aliphatic heterocycles. The molecule has 0 aliphatic carbocycles. The van der Waals surface area contributed by atoms with Gasteiger partial charge in [0.1, 0.15) is 5.82 Å². The number of carbonyl (C=O) groups excluding carboxylic acids is 2. The molecule has 6 heteroatoms. The van der Waals surface area contributed by atoms with Crippen LogP contribution < -0.4 is 10.6 Å². The van der Waals surface area contributed by atoms with Crippen molar-refractivity contribution in [2.75, 3.05) is 30.3 Å². The molecule has 0 fully saturated rings. The fourth-order valence-electron chi connectivity index (χ4n) is 2.38. The van der Waals surface area contributed by atoms with Gasteiger partial charge in [-0.15, -0.1) is 0 Å². The largest absolute Gasteiger partial charge is 0.376 e. The van der Waals surface area contributed by atoms with Gasteiger partial charge in [0.15, 0.2) is 0 Å². The highest BCUT2D eigenvalue weighted by Gasteiger charge is 2.13. The normalized spacial score (nSPS) is 10.2. The maximum atomic E-state index is 12.8. The van der Waals surface area contributed by atoms with Crippen LogP contribution in [0.4, 0.5) is 15.8 Å². The lowest BCUT2D eigenvalue weighted by molar-refractivity contribution is -0.114. The third kappa shape index (κ3) is 5.31. The first kappa shape index (κ1) is 18.4. The molecule has 0 heterocycles. The van der Waals surface area contributed by atoms with Gasteiger partial charge < -0.3 is 15.5 Å². The van der Waals surface area contributed by atoms with E-state index in [0.29, 0.717) is 30.0 Å². The lowest BCUT2D eigenvalue weighted by atomic mass is 10.1. The first-order chi connectivity index (χ1) is 12.0. The van der Waals surface area contributed by atoms with E-state index in [1.54, 1.807) is 41.3 Å². The summed E-state index contributed by atoms with van der Waals surface area (Å²) in [6, 6.07) is 12.6. The average Bonchev–Trinajstić information content (AvgIpc) is 2.62. The summed E-state index contributed by atoms with van der Waals surface area (Å²) in [7, 11) is 0. The van der Waals surface area contributed by atoms with E-state index in [0.717, 1.165) is 0 Å². The Balaban J connectivity index is 1.95. The Kier molecular flexibility index (Phi) is 6.51. The van der Waals surface area contributed by atoms with Crippen molar-refractivity contribution in [3.8, 4) is 0 Å². The molecule has 5 nitrogen and oxygen atoms in total. The first-order valence-corrected chi connectivity index (χ1v) is 8.22. The summed E-state index contributed by atoms with van der Waals surface area (Å²) in [6.07, 6.45) is 0. The SMILES string of the molecule is CCN(CC)C(=O)c1cccc(NC(=O)CNc2ccc(F)cc2)c1. The molecule has 0 spiro atoms. The quantitative estimate of drug-likeness (QED) is 0.810. The Bertz CT molecular complexity index is 728. The van der Waals surface area contributed by atoms with E-state index in [1.165, 1.54) is 12.1 Å². The summed E-state index contributed by atoms with van der Waals surface area (Å²) >= 11 is 0. The van der Waals surface area contributed by atoms with Gasteiger partial charge in [0.2, 0.25) is 5.91 Å². The van der Waals surface area contributed by atoms with E-state index in [2.05, 4.69) is 10.6 Å². The highest BCUT2D eigenvalue weighted by Crippen LogP contribution is 2.13. The monoisotopic (exact) mass is 343 g/mol. The summed E-state index contributed by atoms with van der Waals surface area (Å²) in [5, 5.41) is 5.66. The fourth-order valence-corrected chi connectivity index (χ4v) is 2.38. The second-order valence-corrected chi connectivity index (χ2v) is 5.47. The molecule has 0 saturated heterocycles. The van der Waals surface area contributed by atoms with Crippen molar-refractivity contribution in [3.63, 3.8) is 0 Å². The minimum absolute atomic E-state index is 0.0415. The molecule has 2 amide bonds. The van der Waals surface area contributed by atoms with Gasteiger partial charge in [-0.3, -0.25) is 9.59 Å². The number of anilines is 2. The van der Waals surface area contributed by atoms with Gasteiger partial charge in [0.05, 0.1) is 6.54 Å². The second kappa shape index (κ2) is 8.82. The lowest BCUT2D eigenvalue weighted by Crippen LogP contribution is -2.30. The van der Waals surface area contributed by atoms with Crippen molar-refractivity contribution in [1.82, 2.24) is 4.90 Å². The highest BCUT2D eigenvalue weighted by atomic mass is 19.1. The van der Waals surface area contributed by atoms with Crippen molar-refractivity contribution >= 4 is 23.2 Å². The number of carbonyl (C=O) groups is 2. The number of rotatable bonds is 7. The standard InChI is InChI=1S/C19H22FN3O2/c1-3-23(4-2)19(25)14-6-5-7-17(12-14)22-18(24)13-21-16-10-8-15(20)9-11-16/h5-12,21H,3-4,13H2,1-2H3,(H,22,24). The van der Waals surface area contributed by atoms with E-state index in [1.807, 2.05) is 13.8 Å². The van der Waals surface area contributed by atoms with Crippen molar-refractivity contribution in [3.05, 3.63) is 59.9 Å². The zero-order valence-corrected chi connectivity index (χ0v) is 14.4. The molecule has 2 rings (SSSR count). The molecule has 0 atom stereocenters. The van der Waals surface area contributed by atoms with Crippen molar-refractivity contribution in [2.24, 2.45) is 0 Å². The molecular formula is C19H22FN3O2. The summed E-state index contributed by atoms with van der Waals surface area (Å²) in [5.41, 5.74) is 1.75. The van der Waals surface area contributed by atoms with Crippen LogP contribution in [0.3, 0.4) is 0 Å². The van der Waals surface area contributed by atoms with E-state index < -0.39 is 0 Å². The molecule has 2 N–H and O–H groups in total. The van der Waals surface area contributed by atoms with Gasteiger partial charge in [0, 0.05) is 30.0 Å². The molecule has 0 radical (unpaired) electrons. The lowest BCUT2D eigenvalue weighted by Gasteiger charge is -2.19. The molecular weight excluding hydrogens is 321 g/mol. The van der Waals surface area contributed by atoms with Gasteiger partial charge in [-0.25, -0.2) is 4.39 Å². The smallest absolute Gasteiger partial charge is 0.253 e. The fraction of sp³-hybridized carbons (Fsp3) is 0.263. The molecule has 0 bridgehead atoms. The summed E-state index contributed by atoms with van der Waals surface area (Å²) in [5.74, 6) is -0.646. The van der Waals surface area contributed by atoms with Crippen LogP contribution in [0.2, 0.25) is 0 Å². The molecule has 132 valence electrons. The molecule has 2 aromatic rings. The maximum Gasteiger partial charge on any atom is 0.253 e. The van der Waals surface area contributed by atoms with Gasteiger partial charge >= 0.3 is 0 Å². The highest BCUT2D eigenvalue weighted by molar-refractivity contribution is 5.98. The summed E-state index contributed by atoms with van der Waals surface area (Å²) in [4.78, 5) is 26.1. The average molecular weight is 343 g/mol. The van der Waals surface area contributed by atoms with Crippen LogP contribution in [0.15, 0.2) is 48.5 Å². The number of nitrogens with one attached hydrogen (secondary N) is 2. The Morgan fingerprint density at radius 2 is 1.68 bits per heavy atom. The predicted molar refractivity (Wildman–Crippen MR) is 97.2 cm³/mol. The maximum absolute atomic E-state index is 12.8. The molecule has 0 unspecified atom stereocenters. The number of halogens is 1. The Labute approximate surface area is 146 Å². The zero-order valence-electron chi connectivity index (χ0n) is 14.4. The molecule has 2 aromatic carbocycles. The number of amides is 2. The van der Waals surface area contributed by atoms with Gasteiger partial charge in [-0.05, 0) is 56.3 Å². The number of hydrogen-bond acceptors (Lipinski definition) is 3. The van der Waals surface area contributed by atoms with Gasteiger partial charge in [-0.1, -0.05) is 6.07 Å². The van der Waals surface area contributed by atoms with Crippen LogP contribution in [-0.2, 0) is 4.79 Å². The molecule has 0 aromatic heterocycles. The van der Waals surface area contributed by atoms with Crippen LogP contribution in [0.5, 0.6) is 0 Å². The Hall–Kier alpha value is -2.89. The number of hydrogen-bond donors (Lipinski definition) is 2. The molecule has 0 saturated carbocycles. The minimum Gasteiger partial charge on any atom is -0.376 e. The van der Waals surface area contributed by atoms with E-state index in [9.17, 15) is 14.0 Å². The van der Waals surface area contributed by atoms with Gasteiger partial charge in [0.25, 0.3) is 5.91 Å². The Morgan fingerprint density at radius 1 is 1.00 bits per heavy atom. The third-order valence-corrected chi connectivity index (χ3v) is 3.74. The predicted octanol–water partition coefficient (Wildman–Crippen LogP) is 3.36.